The van der Waals surface area contributed by atoms with Gasteiger partial charge in [-0.3, -0.25) is 0 Å². The Balaban J connectivity index is 1.42. The van der Waals surface area contributed by atoms with Crippen molar-refractivity contribution in [3.05, 3.63) is 89.5 Å². The monoisotopic (exact) mass is 566 g/mol. The van der Waals surface area contributed by atoms with Gasteiger partial charge in [0.05, 0.1) is 23.1 Å². The van der Waals surface area contributed by atoms with Crippen molar-refractivity contribution in [3.63, 3.8) is 0 Å². The second-order valence-electron chi connectivity index (χ2n) is 9.94. The number of halogens is 5. The molecule has 2 aliphatic rings. The second-order valence-corrected chi connectivity index (χ2v) is 11.7. The molecule has 2 N–H and O–H groups in total. The van der Waals surface area contributed by atoms with E-state index < -0.39 is 50.8 Å². The third kappa shape index (κ3) is 5.15. The summed E-state index contributed by atoms with van der Waals surface area (Å²) in [6.07, 6.45) is -3.77. The topological polar surface area (TPSA) is 69.6 Å². The SMILES string of the molecule is O=S(=O)(N[C@H]1CCC[C@@H](N2c3ccccc3CCc3ccccc32)[C@@H]1O)c1ccc(C(F)(F)C(F)(F)F)cc1. The number of nitrogens with zero attached hydrogens (tertiary/aromatic N) is 1. The van der Waals surface area contributed by atoms with E-state index in [1.165, 1.54) is 0 Å². The van der Waals surface area contributed by atoms with Gasteiger partial charge < -0.3 is 10.0 Å². The smallest absolute Gasteiger partial charge is 0.389 e. The highest BCUT2D eigenvalue weighted by Gasteiger charge is 2.58. The molecule has 3 aromatic rings. The maximum atomic E-state index is 13.6. The first-order valence-electron chi connectivity index (χ1n) is 12.6. The van der Waals surface area contributed by atoms with E-state index in [4.69, 9.17) is 0 Å². The lowest BCUT2D eigenvalue weighted by atomic mass is 9.86. The van der Waals surface area contributed by atoms with E-state index in [1.807, 2.05) is 48.5 Å². The number of benzene rings is 3. The molecule has 5 rings (SSSR count). The molecule has 39 heavy (non-hydrogen) atoms. The number of nitrogens with one attached hydrogen (secondary N) is 1. The molecular formula is C28H27F5N2O3S. The van der Waals surface area contributed by atoms with Crippen LogP contribution in [0, 0.1) is 0 Å². The number of para-hydroxylation sites is 2. The van der Waals surface area contributed by atoms with Crippen LogP contribution in [0.5, 0.6) is 0 Å². The van der Waals surface area contributed by atoms with Gasteiger partial charge in [-0.05, 0) is 67.5 Å². The number of fused-ring (bicyclic) bond motifs is 2. The van der Waals surface area contributed by atoms with Crippen LogP contribution in [0.1, 0.15) is 36.0 Å². The maximum Gasteiger partial charge on any atom is 0.458 e. The van der Waals surface area contributed by atoms with Crippen molar-refractivity contribution in [1.82, 2.24) is 4.72 Å². The second kappa shape index (κ2) is 10.2. The average molecular weight is 567 g/mol. The summed E-state index contributed by atoms with van der Waals surface area (Å²) in [4.78, 5) is 1.61. The van der Waals surface area contributed by atoms with Gasteiger partial charge in [0, 0.05) is 16.9 Å². The Hall–Kier alpha value is -3.02. The fraction of sp³-hybridized carbons (Fsp3) is 0.357. The molecule has 1 aliphatic heterocycles. The predicted octanol–water partition coefficient (Wildman–Crippen LogP) is 5.84. The molecule has 0 bridgehead atoms. The molecule has 0 saturated heterocycles. The molecule has 0 amide bonds. The predicted molar refractivity (Wildman–Crippen MR) is 137 cm³/mol. The minimum atomic E-state index is -5.81. The van der Waals surface area contributed by atoms with E-state index in [1.54, 1.807) is 0 Å². The van der Waals surface area contributed by atoms with E-state index in [-0.39, 0.29) is 0 Å². The summed E-state index contributed by atoms with van der Waals surface area (Å²) in [6, 6.07) is 16.8. The Morgan fingerprint density at radius 2 is 1.33 bits per heavy atom. The van der Waals surface area contributed by atoms with E-state index >= 15 is 0 Å². The molecule has 1 aliphatic carbocycles. The minimum absolute atomic E-state index is 0.332. The van der Waals surface area contributed by atoms with Gasteiger partial charge in [0.15, 0.2) is 0 Å². The summed E-state index contributed by atoms with van der Waals surface area (Å²) in [6.45, 7) is 0. The van der Waals surface area contributed by atoms with Crippen molar-refractivity contribution in [2.75, 3.05) is 4.90 Å². The van der Waals surface area contributed by atoms with E-state index in [0.29, 0.717) is 43.5 Å². The third-order valence-corrected chi connectivity index (χ3v) is 9.01. The fourth-order valence-corrected chi connectivity index (χ4v) is 6.80. The zero-order valence-electron chi connectivity index (χ0n) is 20.7. The van der Waals surface area contributed by atoms with Gasteiger partial charge in [-0.1, -0.05) is 48.5 Å². The molecule has 3 aromatic carbocycles. The summed E-state index contributed by atoms with van der Waals surface area (Å²) < 4.78 is 94.0. The molecule has 0 spiro atoms. The summed E-state index contributed by atoms with van der Waals surface area (Å²) in [5.41, 5.74) is 2.75. The quantitative estimate of drug-likeness (QED) is 0.381. The average Bonchev–Trinajstić information content (AvgIpc) is 3.06. The first-order valence-corrected chi connectivity index (χ1v) is 14.1. The highest BCUT2D eigenvalue weighted by atomic mass is 32.2. The Bertz CT molecular complexity index is 1400. The van der Waals surface area contributed by atoms with Crippen molar-refractivity contribution in [3.8, 4) is 0 Å². The van der Waals surface area contributed by atoms with Crippen LogP contribution in [-0.2, 0) is 28.8 Å². The number of anilines is 2. The molecule has 5 nitrogen and oxygen atoms in total. The molecule has 0 radical (unpaired) electrons. The van der Waals surface area contributed by atoms with Crippen molar-refractivity contribution in [2.45, 2.75) is 67.3 Å². The van der Waals surface area contributed by atoms with Crippen molar-refractivity contribution < 1.29 is 35.5 Å². The standard InChI is InChI=1S/C28H27F5N2O3S/c29-27(30,28(31,32)33)20-14-16-21(17-15-20)39(37,38)34-22-8-5-11-25(26(22)36)35-23-9-3-1-6-18(23)12-13-19-7-2-4-10-24(19)35/h1-4,6-7,9-10,14-17,22,25-26,34,36H,5,8,11-13H2/t22-,25+,26+/m0/s1. The Morgan fingerprint density at radius 3 is 1.87 bits per heavy atom. The Kier molecular flexibility index (Phi) is 7.19. The van der Waals surface area contributed by atoms with Crippen LogP contribution in [0.3, 0.4) is 0 Å². The van der Waals surface area contributed by atoms with E-state index in [0.717, 1.165) is 35.3 Å². The van der Waals surface area contributed by atoms with Gasteiger partial charge in [0.25, 0.3) is 0 Å². The van der Waals surface area contributed by atoms with Crippen molar-refractivity contribution in [2.24, 2.45) is 0 Å². The fourth-order valence-electron chi connectivity index (χ4n) is 5.51. The van der Waals surface area contributed by atoms with E-state index in [9.17, 15) is 35.5 Å². The van der Waals surface area contributed by atoms with E-state index in [2.05, 4.69) is 9.62 Å². The molecular weight excluding hydrogens is 539 g/mol. The number of aliphatic hydroxyl groups is 1. The molecule has 1 saturated carbocycles. The zero-order valence-corrected chi connectivity index (χ0v) is 21.5. The number of aliphatic hydroxyl groups excluding tert-OH is 1. The van der Waals surface area contributed by atoms with Gasteiger partial charge >= 0.3 is 12.1 Å². The molecule has 3 atom stereocenters. The lowest BCUT2D eigenvalue weighted by Gasteiger charge is -2.43. The molecule has 0 aromatic heterocycles. The highest BCUT2D eigenvalue weighted by Crippen LogP contribution is 2.44. The van der Waals surface area contributed by atoms with Gasteiger partial charge in [-0.15, -0.1) is 0 Å². The summed E-state index contributed by atoms with van der Waals surface area (Å²) in [7, 11) is -4.33. The normalized spacial score (nSPS) is 22.1. The third-order valence-electron chi connectivity index (χ3n) is 7.51. The first kappa shape index (κ1) is 27.5. The number of hydrogen-bond acceptors (Lipinski definition) is 4. The number of alkyl halides is 5. The van der Waals surface area contributed by atoms with Gasteiger partial charge in [0.1, 0.15) is 0 Å². The minimum Gasteiger partial charge on any atom is -0.389 e. The van der Waals surface area contributed by atoms with Crippen LogP contribution < -0.4 is 9.62 Å². The van der Waals surface area contributed by atoms with Gasteiger partial charge in [-0.2, -0.15) is 22.0 Å². The van der Waals surface area contributed by atoms with Crippen LogP contribution in [0.4, 0.5) is 33.3 Å². The lowest BCUT2D eigenvalue weighted by molar-refractivity contribution is -0.289. The summed E-state index contributed by atoms with van der Waals surface area (Å²) in [5, 5.41) is 11.5. The molecule has 1 fully saturated rings. The summed E-state index contributed by atoms with van der Waals surface area (Å²) >= 11 is 0. The molecule has 11 heteroatoms. The van der Waals surface area contributed by atoms with Gasteiger partial charge in [-0.25, -0.2) is 13.1 Å². The largest absolute Gasteiger partial charge is 0.458 e. The van der Waals surface area contributed by atoms with Crippen LogP contribution in [0.25, 0.3) is 0 Å². The highest BCUT2D eigenvalue weighted by molar-refractivity contribution is 7.89. The molecule has 0 unspecified atom stereocenters. The Morgan fingerprint density at radius 1 is 0.795 bits per heavy atom. The Labute approximate surface area is 223 Å². The van der Waals surface area contributed by atoms with Crippen molar-refractivity contribution >= 4 is 21.4 Å². The van der Waals surface area contributed by atoms with Gasteiger partial charge in [0.2, 0.25) is 10.0 Å². The number of hydrogen-bond donors (Lipinski definition) is 2. The lowest BCUT2D eigenvalue weighted by Crippen LogP contribution is -2.55. The number of rotatable bonds is 5. The molecule has 208 valence electrons. The maximum absolute atomic E-state index is 13.6. The zero-order chi connectivity index (χ0) is 28.0. The van der Waals surface area contributed by atoms with Crippen LogP contribution >= 0.6 is 0 Å². The summed E-state index contributed by atoms with van der Waals surface area (Å²) in [5.74, 6) is -5.12. The number of aryl methyl sites for hydroxylation is 2. The molecule has 1 heterocycles. The van der Waals surface area contributed by atoms with Crippen LogP contribution in [0.15, 0.2) is 77.7 Å². The number of sulfonamides is 1. The van der Waals surface area contributed by atoms with Crippen LogP contribution in [0.2, 0.25) is 0 Å². The van der Waals surface area contributed by atoms with Crippen LogP contribution in [-0.4, -0.2) is 37.9 Å². The first-order chi connectivity index (χ1) is 18.4. The van der Waals surface area contributed by atoms with Crippen molar-refractivity contribution in [1.29, 1.82) is 0 Å².